The molecule has 0 aliphatic carbocycles. The van der Waals surface area contributed by atoms with E-state index in [1.54, 1.807) is 0 Å². The van der Waals surface area contributed by atoms with Crippen molar-refractivity contribution in [2.75, 3.05) is 0 Å². The minimum atomic E-state index is -0.668. The Bertz CT molecular complexity index is 146. The van der Waals surface area contributed by atoms with E-state index in [1.807, 2.05) is 0 Å². The lowest BCUT2D eigenvalue weighted by Crippen LogP contribution is -2.17. The molecule has 0 aromatic carbocycles. The number of carboxylic acid groups (broad SMARTS) is 1. The van der Waals surface area contributed by atoms with E-state index in [1.165, 1.54) is 0 Å². The van der Waals surface area contributed by atoms with E-state index in [0.29, 0.717) is 6.42 Å². The second-order valence-corrected chi connectivity index (χ2v) is 4.20. The summed E-state index contributed by atoms with van der Waals surface area (Å²) in [5.41, 5.74) is 0.252. The minimum Gasteiger partial charge on any atom is -0.481 e. The van der Waals surface area contributed by atoms with Gasteiger partial charge in [-0.25, -0.2) is 0 Å². The van der Waals surface area contributed by atoms with Crippen molar-refractivity contribution in [3.63, 3.8) is 0 Å². The van der Waals surface area contributed by atoms with Crippen molar-refractivity contribution >= 4 is 5.97 Å². The van der Waals surface area contributed by atoms with Gasteiger partial charge in [0.15, 0.2) is 0 Å². The molecule has 0 rings (SSSR count). The molecule has 0 saturated heterocycles. The molecule has 0 unspecified atom stereocenters. The first-order valence-electron chi connectivity index (χ1n) is 5.26. The summed E-state index contributed by atoms with van der Waals surface area (Å²) in [5.74, 6) is -0.668. The van der Waals surface area contributed by atoms with E-state index in [9.17, 15) is 4.79 Å². The molecule has 0 aliphatic rings. The lowest BCUT2D eigenvalue weighted by Gasteiger charge is -2.28. The number of carbonyl (C=O) groups is 1. The molecule has 2 heteroatoms. The first-order chi connectivity index (χ1) is 6.04. The predicted octanol–water partition coefficient (Wildman–Crippen LogP) is 3.46. The van der Waals surface area contributed by atoms with Crippen molar-refractivity contribution in [2.24, 2.45) is 5.41 Å². The number of hydrogen-bond acceptors (Lipinski definition) is 1. The zero-order valence-corrected chi connectivity index (χ0v) is 9.10. The second kappa shape index (κ2) is 6.01. The maximum Gasteiger partial charge on any atom is 0.303 e. The molecule has 2 nitrogen and oxygen atoms in total. The highest BCUT2D eigenvalue weighted by Gasteiger charge is 2.22. The van der Waals surface area contributed by atoms with Crippen LogP contribution in [0, 0.1) is 5.41 Å². The van der Waals surface area contributed by atoms with Crippen LogP contribution < -0.4 is 0 Å². The van der Waals surface area contributed by atoms with Gasteiger partial charge in [0.05, 0.1) is 0 Å². The zero-order chi connectivity index (χ0) is 10.3. The highest BCUT2D eigenvalue weighted by Crippen LogP contribution is 2.34. The van der Waals surface area contributed by atoms with Crippen molar-refractivity contribution < 1.29 is 9.90 Å². The van der Waals surface area contributed by atoms with E-state index >= 15 is 0 Å². The minimum absolute atomic E-state index is 0.252. The summed E-state index contributed by atoms with van der Waals surface area (Å²) in [6, 6.07) is 0. The Kier molecular flexibility index (Phi) is 5.76. The van der Waals surface area contributed by atoms with Crippen molar-refractivity contribution in [3.8, 4) is 0 Å². The predicted molar refractivity (Wildman–Crippen MR) is 54.8 cm³/mol. The molecule has 0 amide bonds. The standard InChI is InChI=1S/C11H22O2/c1-4-7-11(3,8-5-2)9-6-10(12)13/h4-9H2,1-3H3,(H,12,13). The quantitative estimate of drug-likeness (QED) is 0.661. The fraction of sp³-hybridized carbons (Fsp3) is 0.909. The monoisotopic (exact) mass is 186 g/mol. The number of aliphatic carboxylic acids is 1. The van der Waals surface area contributed by atoms with Gasteiger partial charge in [-0.1, -0.05) is 33.6 Å². The number of carboxylic acids is 1. The molecule has 0 saturated carbocycles. The van der Waals surface area contributed by atoms with E-state index in [4.69, 9.17) is 5.11 Å². The topological polar surface area (TPSA) is 37.3 Å². The van der Waals surface area contributed by atoms with Gasteiger partial charge in [-0.3, -0.25) is 4.79 Å². The molecule has 1 N–H and O–H groups in total. The number of hydrogen-bond donors (Lipinski definition) is 1. The van der Waals surface area contributed by atoms with Crippen molar-refractivity contribution in [1.82, 2.24) is 0 Å². The van der Waals surface area contributed by atoms with Gasteiger partial charge >= 0.3 is 5.97 Å². The molecule has 0 bridgehead atoms. The lowest BCUT2D eigenvalue weighted by molar-refractivity contribution is -0.137. The van der Waals surface area contributed by atoms with Crippen LogP contribution in [0.25, 0.3) is 0 Å². The second-order valence-electron chi connectivity index (χ2n) is 4.20. The van der Waals surface area contributed by atoms with Gasteiger partial charge in [-0.15, -0.1) is 0 Å². The third-order valence-corrected chi connectivity index (χ3v) is 2.65. The maximum absolute atomic E-state index is 10.5. The van der Waals surface area contributed by atoms with Crippen LogP contribution >= 0.6 is 0 Å². The van der Waals surface area contributed by atoms with Crippen LogP contribution in [0.5, 0.6) is 0 Å². The molecular weight excluding hydrogens is 164 g/mol. The Balaban J connectivity index is 3.98. The van der Waals surface area contributed by atoms with Crippen molar-refractivity contribution in [1.29, 1.82) is 0 Å². The van der Waals surface area contributed by atoms with Crippen LogP contribution in [0.1, 0.15) is 59.3 Å². The molecule has 13 heavy (non-hydrogen) atoms. The summed E-state index contributed by atoms with van der Waals surface area (Å²) < 4.78 is 0. The van der Waals surface area contributed by atoms with Gasteiger partial charge in [0.25, 0.3) is 0 Å². The van der Waals surface area contributed by atoms with Crippen molar-refractivity contribution in [3.05, 3.63) is 0 Å². The third-order valence-electron chi connectivity index (χ3n) is 2.65. The number of rotatable bonds is 7. The average molecular weight is 186 g/mol. The molecule has 0 radical (unpaired) electrons. The summed E-state index contributed by atoms with van der Waals surface area (Å²) in [6.45, 7) is 6.53. The molecule has 78 valence electrons. The van der Waals surface area contributed by atoms with Gasteiger partial charge in [0.2, 0.25) is 0 Å². The molecular formula is C11H22O2. The van der Waals surface area contributed by atoms with Crippen LogP contribution in [-0.2, 0) is 4.79 Å². The first kappa shape index (κ1) is 12.5. The first-order valence-corrected chi connectivity index (χ1v) is 5.26. The van der Waals surface area contributed by atoms with Crippen LogP contribution in [0.15, 0.2) is 0 Å². The van der Waals surface area contributed by atoms with E-state index < -0.39 is 5.97 Å². The SMILES string of the molecule is CCCC(C)(CCC)CCC(=O)O. The van der Waals surface area contributed by atoms with Gasteiger partial charge < -0.3 is 5.11 Å². The van der Waals surface area contributed by atoms with Gasteiger partial charge in [-0.05, 0) is 24.7 Å². The summed E-state index contributed by atoms with van der Waals surface area (Å²) in [5, 5.41) is 8.61. The zero-order valence-electron chi connectivity index (χ0n) is 9.10. The third kappa shape index (κ3) is 5.67. The highest BCUT2D eigenvalue weighted by atomic mass is 16.4. The summed E-state index contributed by atoms with van der Waals surface area (Å²) in [6.07, 6.45) is 5.73. The van der Waals surface area contributed by atoms with Gasteiger partial charge in [-0.2, -0.15) is 0 Å². The van der Waals surface area contributed by atoms with Crippen LogP contribution in [0.2, 0.25) is 0 Å². The summed E-state index contributed by atoms with van der Waals surface area (Å²) in [7, 11) is 0. The Morgan fingerprint density at radius 2 is 1.62 bits per heavy atom. The lowest BCUT2D eigenvalue weighted by atomic mass is 9.77. The molecule has 0 aromatic heterocycles. The fourth-order valence-electron chi connectivity index (χ4n) is 1.99. The molecule has 0 fully saturated rings. The average Bonchev–Trinajstić information content (AvgIpc) is 2.02. The van der Waals surface area contributed by atoms with Crippen molar-refractivity contribution in [2.45, 2.75) is 59.3 Å². The van der Waals surface area contributed by atoms with Crippen LogP contribution in [0.3, 0.4) is 0 Å². The largest absolute Gasteiger partial charge is 0.481 e. The molecule has 0 heterocycles. The van der Waals surface area contributed by atoms with Gasteiger partial charge in [0.1, 0.15) is 0 Å². The molecule has 0 atom stereocenters. The van der Waals surface area contributed by atoms with Crippen LogP contribution in [-0.4, -0.2) is 11.1 Å². The van der Waals surface area contributed by atoms with E-state index in [2.05, 4.69) is 20.8 Å². The highest BCUT2D eigenvalue weighted by molar-refractivity contribution is 5.66. The Labute approximate surface area is 81.3 Å². The Morgan fingerprint density at radius 1 is 1.15 bits per heavy atom. The smallest absolute Gasteiger partial charge is 0.303 e. The van der Waals surface area contributed by atoms with Crippen LogP contribution in [0.4, 0.5) is 0 Å². The fourth-order valence-corrected chi connectivity index (χ4v) is 1.99. The maximum atomic E-state index is 10.5. The summed E-state index contributed by atoms with van der Waals surface area (Å²) >= 11 is 0. The molecule has 0 aliphatic heterocycles. The van der Waals surface area contributed by atoms with E-state index in [0.717, 1.165) is 32.1 Å². The molecule has 0 spiro atoms. The Morgan fingerprint density at radius 3 is 1.92 bits per heavy atom. The van der Waals surface area contributed by atoms with Gasteiger partial charge in [0, 0.05) is 6.42 Å². The Hall–Kier alpha value is -0.530. The summed E-state index contributed by atoms with van der Waals surface area (Å²) in [4.78, 5) is 10.5. The normalized spacial score (nSPS) is 11.6. The molecule has 0 aromatic rings. The van der Waals surface area contributed by atoms with E-state index in [-0.39, 0.29) is 5.41 Å².